The van der Waals surface area contributed by atoms with Crippen LogP contribution in [-0.4, -0.2) is 28.8 Å². The highest BCUT2D eigenvalue weighted by atomic mass is 79.9. The first-order chi connectivity index (χ1) is 22.2. The summed E-state index contributed by atoms with van der Waals surface area (Å²) >= 11 is 4.87. The van der Waals surface area contributed by atoms with Crippen molar-refractivity contribution in [1.29, 1.82) is 0 Å². The maximum absolute atomic E-state index is 14.5. The number of aromatic nitrogens is 2. The molecule has 2 aromatic heterocycles. The van der Waals surface area contributed by atoms with Gasteiger partial charge in [-0.15, -0.1) is 0 Å². The van der Waals surface area contributed by atoms with Crippen molar-refractivity contribution in [2.24, 2.45) is 4.99 Å². The second-order valence-corrected chi connectivity index (χ2v) is 13.0. The number of methoxy groups -OCH3 is 1. The van der Waals surface area contributed by atoms with Crippen molar-refractivity contribution in [1.82, 2.24) is 9.13 Å². The summed E-state index contributed by atoms with van der Waals surface area (Å²) in [6.45, 7) is 6.56. The van der Waals surface area contributed by atoms with Crippen LogP contribution in [0.3, 0.4) is 0 Å². The minimum absolute atomic E-state index is 0.190. The van der Waals surface area contributed by atoms with Crippen LogP contribution in [0, 0.1) is 12.7 Å². The minimum Gasteiger partial charge on any atom is -0.496 e. The SMILES string of the molecule is CCCC1=C(C(=O)OCC)[C@@H](c2cc(Br)ccc2OC)n2c(s/c(=C/c3c(C)n(Cc4ccc(F)cc4)c4ccccc34)c2=O)=N1. The van der Waals surface area contributed by atoms with E-state index in [2.05, 4.69) is 20.5 Å². The lowest BCUT2D eigenvalue weighted by atomic mass is 9.93. The van der Waals surface area contributed by atoms with Crippen LogP contribution >= 0.6 is 27.3 Å². The topological polar surface area (TPSA) is 74.8 Å². The zero-order valence-electron chi connectivity index (χ0n) is 26.0. The van der Waals surface area contributed by atoms with E-state index in [1.165, 1.54) is 23.5 Å². The number of halogens is 2. The lowest BCUT2D eigenvalue weighted by molar-refractivity contribution is -0.139. The van der Waals surface area contributed by atoms with Gasteiger partial charge in [-0.1, -0.05) is 70.9 Å². The maximum Gasteiger partial charge on any atom is 0.338 e. The van der Waals surface area contributed by atoms with Crippen molar-refractivity contribution in [3.8, 4) is 5.75 Å². The third kappa shape index (κ3) is 5.76. The van der Waals surface area contributed by atoms with Crippen LogP contribution in [0.15, 0.2) is 92.3 Å². The Bertz CT molecular complexity index is 2180. The Kier molecular flexibility index (Phi) is 9.11. The Balaban J connectivity index is 1.59. The molecule has 0 radical (unpaired) electrons. The average molecular weight is 703 g/mol. The molecule has 236 valence electrons. The first kappa shape index (κ1) is 31.7. The number of carbonyl (C=O) groups excluding carboxylic acids is 1. The highest BCUT2D eigenvalue weighted by Gasteiger charge is 2.36. The zero-order valence-corrected chi connectivity index (χ0v) is 28.4. The van der Waals surface area contributed by atoms with Crippen molar-refractivity contribution in [3.63, 3.8) is 0 Å². The van der Waals surface area contributed by atoms with Crippen LogP contribution in [0.4, 0.5) is 4.39 Å². The quantitative estimate of drug-likeness (QED) is 0.159. The van der Waals surface area contributed by atoms with Gasteiger partial charge >= 0.3 is 5.97 Å². The molecule has 0 saturated carbocycles. The fourth-order valence-corrected chi connectivity index (χ4v) is 7.46. The van der Waals surface area contributed by atoms with Gasteiger partial charge in [-0.2, -0.15) is 0 Å². The van der Waals surface area contributed by atoms with Gasteiger partial charge in [0.25, 0.3) is 5.56 Å². The summed E-state index contributed by atoms with van der Waals surface area (Å²) in [4.78, 5) is 33.5. The van der Waals surface area contributed by atoms with Gasteiger partial charge in [0, 0.05) is 38.7 Å². The molecule has 0 unspecified atom stereocenters. The predicted octanol–water partition coefficient (Wildman–Crippen LogP) is 6.80. The molecule has 5 aromatic rings. The molecular formula is C36H33BrFN3O4S. The van der Waals surface area contributed by atoms with Gasteiger partial charge in [0.1, 0.15) is 17.6 Å². The number of allylic oxidation sites excluding steroid dienone is 1. The van der Waals surface area contributed by atoms with Crippen molar-refractivity contribution in [2.75, 3.05) is 13.7 Å². The van der Waals surface area contributed by atoms with E-state index in [9.17, 15) is 14.0 Å². The summed E-state index contributed by atoms with van der Waals surface area (Å²) < 4.78 is 30.0. The van der Waals surface area contributed by atoms with Crippen molar-refractivity contribution in [2.45, 2.75) is 46.2 Å². The molecule has 0 N–H and O–H groups in total. The van der Waals surface area contributed by atoms with E-state index in [-0.39, 0.29) is 18.0 Å². The van der Waals surface area contributed by atoms with Crippen LogP contribution in [0.5, 0.6) is 5.75 Å². The number of rotatable bonds is 9. The number of thiazole rings is 1. The van der Waals surface area contributed by atoms with E-state index < -0.39 is 12.0 Å². The van der Waals surface area contributed by atoms with Crippen molar-refractivity contribution < 1.29 is 18.7 Å². The third-order valence-electron chi connectivity index (χ3n) is 8.19. The summed E-state index contributed by atoms with van der Waals surface area (Å²) in [6.07, 6.45) is 3.22. The van der Waals surface area contributed by atoms with Gasteiger partial charge in [-0.25, -0.2) is 14.2 Å². The third-order valence-corrected chi connectivity index (χ3v) is 9.66. The molecule has 1 atom stereocenters. The minimum atomic E-state index is -0.799. The smallest absolute Gasteiger partial charge is 0.338 e. The normalized spacial score (nSPS) is 14.8. The van der Waals surface area contributed by atoms with Gasteiger partial charge in [-0.3, -0.25) is 9.36 Å². The molecule has 1 aliphatic rings. The van der Waals surface area contributed by atoms with E-state index >= 15 is 0 Å². The lowest BCUT2D eigenvalue weighted by Gasteiger charge is -2.27. The fourth-order valence-electron chi connectivity index (χ4n) is 6.08. The van der Waals surface area contributed by atoms with E-state index in [4.69, 9.17) is 14.5 Å². The number of para-hydroxylation sites is 1. The van der Waals surface area contributed by atoms with Gasteiger partial charge in [-0.05, 0) is 68.3 Å². The Labute approximate surface area is 278 Å². The van der Waals surface area contributed by atoms with Crippen LogP contribution in [0.2, 0.25) is 0 Å². The van der Waals surface area contributed by atoms with E-state index in [0.29, 0.717) is 44.9 Å². The van der Waals surface area contributed by atoms with E-state index in [1.807, 2.05) is 62.4 Å². The fraction of sp³-hybridized carbons (Fsp3) is 0.250. The molecule has 0 fully saturated rings. The second-order valence-electron chi connectivity index (χ2n) is 11.0. The highest BCUT2D eigenvalue weighted by molar-refractivity contribution is 9.10. The molecule has 7 nitrogen and oxygen atoms in total. The Morgan fingerprint density at radius 3 is 2.59 bits per heavy atom. The van der Waals surface area contributed by atoms with Crippen LogP contribution < -0.4 is 19.6 Å². The summed E-state index contributed by atoms with van der Waals surface area (Å²) in [5.74, 6) is -0.237. The monoisotopic (exact) mass is 701 g/mol. The number of hydrogen-bond acceptors (Lipinski definition) is 6. The summed E-state index contributed by atoms with van der Waals surface area (Å²) in [5, 5.41) is 0.997. The largest absolute Gasteiger partial charge is 0.496 e. The summed E-state index contributed by atoms with van der Waals surface area (Å²) in [5.41, 5.74) is 5.20. The molecule has 3 heterocycles. The van der Waals surface area contributed by atoms with Crippen LogP contribution in [0.25, 0.3) is 17.0 Å². The molecule has 0 spiro atoms. The van der Waals surface area contributed by atoms with E-state index in [0.717, 1.165) is 38.6 Å². The number of nitrogens with zero attached hydrogens (tertiary/aromatic N) is 3. The summed E-state index contributed by atoms with van der Waals surface area (Å²) in [6, 6.07) is 19.3. The Hall–Kier alpha value is -4.28. The number of carbonyl (C=O) groups is 1. The maximum atomic E-state index is 14.5. The van der Waals surface area contributed by atoms with Gasteiger partial charge in [0.15, 0.2) is 4.80 Å². The lowest BCUT2D eigenvalue weighted by Crippen LogP contribution is -2.40. The van der Waals surface area contributed by atoms with Gasteiger partial charge in [0.2, 0.25) is 0 Å². The summed E-state index contributed by atoms with van der Waals surface area (Å²) in [7, 11) is 1.57. The number of ether oxygens (including phenoxy) is 2. The second kappa shape index (κ2) is 13.2. The van der Waals surface area contributed by atoms with E-state index in [1.54, 1.807) is 30.7 Å². The molecule has 0 saturated heterocycles. The molecule has 0 aliphatic carbocycles. The highest BCUT2D eigenvalue weighted by Crippen LogP contribution is 2.38. The Morgan fingerprint density at radius 2 is 1.87 bits per heavy atom. The standard InChI is InChI=1S/C36H33BrFN3O4S/c1-5-9-28-32(35(43)45-6-2)33(27-18-23(37)14-17-30(27)44-4)41-34(42)31(46-36(41)39-28)19-26-21(3)40(29-11-8-7-10-25(26)29)20-22-12-15-24(38)16-13-22/h7-8,10-19,33H,5-6,9,20H2,1-4H3/b31-19+/t33-/m1/s1. The molecule has 6 rings (SSSR count). The van der Waals surface area contributed by atoms with Gasteiger partial charge in [0.05, 0.1) is 29.5 Å². The molecule has 46 heavy (non-hydrogen) atoms. The molecular weight excluding hydrogens is 669 g/mol. The van der Waals surface area contributed by atoms with Gasteiger partial charge < -0.3 is 14.0 Å². The molecule has 1 aliphatic heterocycles. The predicted molar refractivity (Wildman–Crippen MR) is 183 cm³/mol. The molecule has 3 aromatic carbocycles. The first-order valence-corrected chi connectivity index (χ1v) is 16.7. The number of esters is 1. The molecule has 0 amide bonds. The number of fused-ring (bicyclic) bond motifs is 2. The number of hydrogen-bond donors (Lipinski definition) is 0. The number of benzene rings is 3. The Morgan fingerprint density at radius 1 is 1.11 bits per heavy atom. The molecule has 10 heteroatoms. The van der Waals surface area contributed by atoms with Crippen molar-refractivity contribution in [3.05, 3.63) is 130 Å². The van der Waals surface area contributed by atoms with Crippen molar-refractivity contribution >= 4 is 50.2 Å². The molecule has 0 bridgehead atoms. The average Bonchev–Trinajstić information content (AvgIpc) is 3.50. The van der Waals surface area contributed by atoms with Crippen LogP contribution in [-0.2, 0) is 16.1 Å². The first-order valence-electron chi connectivity index (χ1n) is 15.1. The zero-order chi connectivity index (χ0) is 32.5. The van der Waals surface area contributed by atoms with Crippen LogP contribution in [0.1, 0.15) is 55.1 Å².